The number of phenolic OH excluding ortho intramolecular Hbond substituents is 1. The minimum Gasteiger partial charge on any atom is -0.543 e. The SMILES string of the molecule is COc1ccc(C(Cc2ccc(O[Si](C(C)C)(C(C)C)C(C)C)cc2)C(C)=O)c(O)c1. The van der Waals surface area contributed by atoms with E-state index >= 15 is 0 Å². The summed E-state index contributed by atoms with van der Waals surface area (Å²) in [4.78, 5) is 12.4. The first-order valence-corrected chi connectivity index (χ1v) is 13.3. The molecular weight excluding hydrogens is 404 g/mol. The molecule has 2 aromatic rings. The van der Waals surface area contributed by atoms with Gasteiger partial charge in [-0.25, -0.2) is 0 Å². The lowest BCUT2D eigenvalue weighted by Crippen LogP contribution is -2.50. The van der Waals surface area contributed by atoms with Crippen molar-refractivity contribution in [1.29, 1.82) is 0 Å². The van der Waals surface area contributed by atoms with Gasteiger partial charge in [-0.05, 0) is 53.7 Å². The van der Waals surface area contributed by atoms with Crippen LogP contribution in [0.2, 0.25) is 16.6 Å². The summed E-state index contributed by atoms with van der Waals surface area (Å²) < 4.78 is 11.9. The summed E-state index contributed by atoms with van der Waals surface area (Å²) in [5.41, 5.74) is 3.18. The third-order valence-electron chi connectivity index (χ3n) is 6.47. The summed E-state index contributed by atoms with van der Waals surface area (Å²) in [6.07, 6.45) is 0.524. The van der Waals surface area contributed by atoms with Gasteiger partial charge in [0.1, 0.15) is 23.0 Å². The van der Waals surface area contributed by atoms with Gasteiger partial charge in [-0.1, -0.05) is 59.7 Å². The maximum atomic E-state index is 12.4. The van der Waals surface area contributed by atoms with Crippen molar-refractivity contribution in [2.75, 3.05) is 7.11 Å². The van der Waals surface area contributed by atoms with E-state index in [2.05, 4.69) is 41.5 Å². The fourth-order valence-electron chi connectivity index (χ4n) is 4.90. The Labute approximate surface area is 188 Å². The van der Waals surface area contributed by atoms with Crippen LogP contribution in [0.1, 0.15) is 65.5 Å². The summed E-state index contributed by atoms with van der Waals surface area (Å²) in [6, 6.07) is 13.2. The molecule has 1 atom stereocenters. The lowest BCUT2D eigenvalue weighted by atomic mass is 9.88. The zero-order valence-corrected chi connectivity index (χ0v) is 21.2. The van der Waals surface area contributed by atoms with Crippen LogP contribution in [-0.4, -0.2) is 26.3 Å². The third kappa shape index (κ3) is 5.51. The van der Waals surface area contributed by atoms with Crippen LogP contribution in [0.25, 0.3) is 0 Å². The van der Waals surface area contributed by atoms with Gasteiger partial charge in [-0.2, -0.15) is 0 Å². The maximum Gasteiger partial charge on any atom is 0.258 e. The van der Waals surface area contributed by atoms with Crippen LogP contribution < -0.4 is 9.16 Å². The van der Waals surface area contributed by atoms with Crippen molar-refractivity contribution in [2.24, 2.45) is 0 Å². The number of rotatable bonds is 10. The van der Waals surface area contributed by atoms with Crippen molar-refractivity contribution >= 4 is 14.1 Å². The highest BCUT2D eigenvalue weighted by Gasteiger charge is 2.46. The van der Waals surface area contributed by atoms with Crippen LogP contribution in [0.3, 0.4) is 0 Å². The summed E-state index contributed by atoms with van der Waals surface area (Å²) in [6.45, 7) is 15.2. The van der Waals surface area contributed by atoms with Gasteiger partial charge in [0.25, 0.3) is 8.32 Å². The Kier molecular flexibility index (Phi) is 8.35. The number of hydrogen-bond donors (Lipinski definition) is 1. The number of carbonyl (C=O) groups excluding carboxylic acids is 1. The molecule has 0 amide bonds. The topological polar surface area (TPSA) is 55.8 Å². The van der Waals surface area contributed by atoms with E-state index in [4.69, 9.17) is 9.16 Å². The van der Waals surface area contributed by atoms with E-state index in [0.717, 1.165) is 11.3 Å². The van der Waals surface area contributed by atoms with Gasteiger partial charge < -0.3 is 14.3 Å². The fraction of sp³-hybridized carbons (Fsp3) is 0.500. The molecular formula is C26H38O4Si. The van der Waals surface area contributed by atoms with Crippen LogP contribution in [0.15, 0.2) is 42.5 Å². The van der Waals surface area contributed by atoms with Gasteiger partial charge in [-0.3, -0.25) is 4.79 Å². The zero-order chi connectivity index (χ0) is 23.3. The molecule has 4 nitrogen and oxygen atoms in total. The minimum atomic E-state index is -2.00. The quantitative estimate of drug-likeness (QED) is 0.408. The molecule has 0 saturated carbocycles. The Bertz CT molecular complexity index is 850. The second-order valence-corrected chi connectivity index (χ2v) is 14.7. The molecule has 1 N–H and O–H groups in total. The van der Waals surface area contributed by atoms with E-state index in [9.17, 15) is 9.90 Å². The smallest absolute Gasteiger partial charge is 0.258 e. The van der Waals surface area contributed by atoms with Crippen molar-refractivity contribution in [3.05, 3.63) is 53.6 Å². The van der Waals surface area contributed by atoms with Crippen molar-refractivity contribution in [3.63, 3.8) is 0 Å². The van der Waals surface area contributed by atoms with Gasteiger partial charge in [-0.15, -0.1) is 0 Å². The molecule has 0 saturated heterocycles. The number of methoxy groups -OCH3 is 1. The number of hydrogen-bond acceptors (Lipinski definition) is 4. The number of phenols is 1. The molecule has 0 aliphatic carbocycles. The summed E-state index contributed by atoms with van der Waals surface area (Å²) >= 11 is 0. The van der Waals surface area contributed by atoms with Crippen LogP contribution in [0, 0.1) is 0 Å². The highest BCUT2D eigenvalue weighted by atomic mass is 28.4. The predicted octanol–water partition coefficient (Wildman–Crippen LogP) is 6.87. The highest BCUT2D eigenvalue weighted by molar-refractivity contribution is 6.78. The zero-order valence-electron chi connectivity index (χ0n) is 20.2. The first-order chi connectivity index (χ1) is 14.5. The Morgan fingerprint density at radius 1 is 0.903 bits per heavy atom. The van der Waals surface area contributed by atoms with Gasteiger partial charge in [0.15, 0.2) is 0 Å². The Morgan fingerprint density at radius 3 is 1.84 bits per heavy atom. The molecule has 0 spiro atoms. The van der Waals surface area contributed by atoms with Crippen LogP contribution >= 0.6 is 0 Å². The number of benzene rings is 2. The maximum absolute atomic E-state index is 12.4. The average molecular weight is 443 g/mol. The van der Waals surface area contributed by atoms with Crippen molar-refractivity contribution < 1.29 is 19.1 Å². The molecule has 1 unspecified atom stereocenters. The van der Waals surface area contributed by atoms with Crippen LogP contribution in [0.4, 0.5) is 0 Å². The molecule has 0 radical (unpaired) electrons. The van der Waals surface area contributed by atoms with Crippen LogP contribution in [-0.2, 0) is 11.2 Å². The van der Waals surface area contributed by atoms with Crippen LogP contribution in [0.5, 0.6) is 17.2 Å². The molecule has 0 aromatic heterocycles. The predicted molar refractivity (Wildman–Crippen MR) is 130 cm³/mol. The molecule has 31 heavy (non-hydrogen) atoms. The summed E-state index contributed by atoms with van der Waals surface area (Å²) in [5.74, 6) is 1.16. The highest BCUT2D eigenvalue weighted by Crippen LogP contribution is 2.43. The molecule has 0 aliphatic heterocycles. The van der Waals surface area contributed by atoms with Crippen molar-refractivity contribution in [2.45, 2.75) is 77.4 Å². The molecule has 0 aliphatic rings. The van der Waals surface area contributed by atoms with Gasteiger partial charge in [0.2, 0.25) is 0 Å². The number of ether oxygens (including phenoxy) is 1. The van der Waals surface area contributed by atoms with Gasteiger partial charge >= 0.3 is 0 Å². The van der Waals surface area contributed by atoms with E-state index < -0.39 is 14.2 Å². The first-order valence-electron chi connectivity index (χ1n) is 11.2. The number of aromatic hydroxyl groups is 1. The van der Waals surface area contributed by atoms with Crippen molar-refractivity contribution in [3.8, 4) is 17.2 Å². The second kappa shape index (κ2) is 10.4. The van der Waals surface area contributed by atoms with E-state index in [-0.39, 0.29) is 11.5 Å². The largest absolute Gasteiger partial charge is 0.543 e. The number of carbonyl (C=O) groups is 1. The monoisotopic (exact) mass is 442 g/mol. The normalized spacial score (nSPS) is 13.0. The van der Waals surface area contributed by atoms with E-state index in [1.807, 2.05) is 24.3 Å². The molecule has 2 rings (SSSR count). The lowest BCUT2D eigenvalue weighted by molar-refractivity contribution is -0.118. The molecule has 0 heterocycles. The second-order valence-electron chi connectivity index (χ2n) is 9.36. The average Bonchev–Trinajstić information content (AvgIpc) is 2.70. The van der Waals surface area contributed by atoms with E-state index in [1.165, 1.54) is 0 Å². The van der Waals surface area contributed by atoms with Gasteiger partial charge in [0, 0.05) is 11.6 Å². The Balaban J connectivity index is 2.26. The number of Topliss-reactive ketones (excluding diaryl/α,β-unsaturated/α-hetero) is 1. The molecule has 0 bridgehead atoms. The summed E-state index contributed by atoms with van der Waals surface area (Å²) in [5, 5.41) is 10.4. The standard InChI is InChI=1S/C26H38O4Si/c1-17(2)31(18(3)4,19(5)6)30-22-11-9-21(10-12-22)15-25(20(7)27)24-14-13-23(29-8)16-26(24)28/h9-14,16-19,25,28H,15H2,1-8H3. The van der Waals surface area contributed by atoms with E-state index in [0.29, 0.717) is 34.4 Å². The van der Waals surface area contributed by atoms with Gasteiger partial charge in [0.05, 0.1) is 13.0 Å². The first kappa shape index (κ1) is 25.0. The van der Waals surface area contributed by atoms with E-state index in [1.54, 1.807) is 32.2 Å². The minimum absolute atomic E-state index is 0.0200. The van der Waals surface area contributed by atoms with Crippen molar-refractivity contribution in [1.82, 2.24) is 0 Å². The Hall–Kier alpha value is -2.27. The summed E-state index contributed by atoms with van der Waals surface area (Å²) in [7, 11) is -0.452. The number of ketones is 1. The molecule has 2 aromatic carbocycles. The Morgan fingerprint density at radius 2 is 1.42 bits per heavy atom. The fourth-order valence-corrected chi connectivity index (χ4v) is 10.2. The third-order valence-corrected chi connectivity index (χ3v) is 12.5. The molecule has 5 heteroatoms. The lowest BCUT2D eigenvalue weighted by Gasteiger charge is -2.42. The molecule has 0 fully saturated rings. The molecule has 170 valence electrons.